The van der Waals surface area contributed by atoms with E-state index in [1.807, 2.05) is 12.1 Å². The number of rotatable bonds is 9. The molecule has 30 heavy (non-hydrogen) atoms. The Balaban J connectivity index is 0.00000320. The fraction of sp³-hybridized carbons (Fsp3) is 0.682. The van der Waals surface area contributed by atoms with Gasteiger partial charge in [-0.2, -0.15) is 0 Å². The fourth-order valence-electron chi connectivity index (χ4n) is 3.81. The molecule has 0 bridgehead atoms. The summed E-state index contributed by atoms with van der Waals surface area (Å²) in [5.41, 5.74) is 1.32. The first kappa shape index (κ1) is 25.6. The summed E-state index contributed by atoms with van der Waals surface area (Å²) in [4.78, 5) is 7.17. The van der Waals surface area contributed by atoms with Crippen molar-refractivity contribution < 1.29 is 9.47 Å². The van der Waals surface area contributed by atoms with Gasteiger partial charge in [0.2, 0.25) is 0 Å². The molecule has 170 valence electrons. The van der Waals surface area contributed by atoms with Crippen LogP contribution in [0.4, 0.5) is 0 Å². The number of hydrogen-bond acceptors (Lipinski definition) is 4. The van der Waals surface area contributed by atoms with Gasteiger partial charge in [-0.05, 0) is 50.3 Å². The standard InChI is InChI=1S/C22H35ClN4O2.HI/c1-2-24-22(25-11-15-28-17-21-4-3-14-29-21)26-20-9-12-27(13-10-20)16-18-5-7-19(23)8-6-18;/h5-8,20-21H,2-4,9-17H2,1H3,(H2,24,25,26);1H. The van der Waals surface area contributed by atoms with Gasteiger partial charge < -0.3 is 20.1 Å². The van der Waals surface area contributed by atoms with Gasteiger partial charge in [-0.25, -0.2) is 0 Å². The largest absolute Gasteiger partial charge is 0.377 e. The van der Waals surface area contributed by atoms with Crippen LogP contribution in [0, 0.1) is 0 Å². The molecule has 3 rings (SSSR count). The second kappa shape index (κ2) is 14.5. The van der Waals surface area contributed by atoms with Crippen molar-refractivity contribution >= 4 is 41.5 Å². The van der Waals surface area contributed by atoms with Gasteiger partial charge in [0.15, 0.2) is 5.96 Å². The third-order valence-corrected chi connectivity index (χ3v) is 5.68. The second-order valence-corrected chi connectivity index (χ2v) is 8.23. The molecule has 2 fully saturated rings. The van der Waals surface area contributed by atoms with Crippen molar-refractivity contribution in [2.75, 3.05) is 46.0 Å². The molecule has 0 aromatic heterocycles. The molecule has 2 saturated heterocycles. The minimum Gasteiger partial charge on any atom is -0.377 e. The zero-order chi connectivity index (χ0) is 20.3. The lowest BCUT2D eigenvalue weighted by Crippen LogP contribution is -2.48. The number of nitrogens with zero attached hydrogens (tertiary/aromatic N) is 2. The van der Waals surface area contributed by atoms with Gasteiger partial charge in [0.05, 0.1) is 25.9 Å². The van der Waals surface area contributed by atoms with Crippen LogP contribution in [0.1, 0.15) is 38.2 Å². The van der Waals surface area contributed by atoms with E-state index in [1.165, 1.54) is 5.56 Å². The summed E-state index contributed by atoms with van der Waals surface area (Å²) in [7, 11) is 0. The van der Waals surface area contributed by atoms with Crippen LogP contribution in [0.15, 0.2) is 29.3 Å². The van der Waals surface area contributed by atoms with Crippen molar-refractivity contribution in [3.63, 3.8) is 0 Å². The highest BCUT2D eigenvalue weighted by atomic mass is 127. The number of halogens is 2. The van der Waals surface area contributed by atoms with E-state index in [0.717, 1.165) is 69.5 Å². The van der Waals surface area contributed by atoms with Crippen molar-refractivity contribution in [1.82, 2.24) is 15.5 Å². The van der Waals surface area contributed by atoms with Crippen LogP contribution in [-0.4, -0.2) is 69.0 Å². The Hall–Kier alpha value is -0.610. The molecule has 2 aliphatic heterocycles. The molecule has 0 aliphatic carbocycles. The summed E-state index contributed by atoms with van der Waals surface area (Å²) >= 11 is 5.98. The number of ether oxygens (including phenoxy) is 2. The molecule has 6 nitrogen and oxygen atoms in total. The Kier molecular flexibility index (Phi) is 12.4. The van der Waals surface area contributed by atoms with Crippen LogP contribution in [0.5, 0.6) is 0 Å². The maximum absolute atomic E-state index is 5.98. The smallest absolute Gasteiger partial charge is 0.191 e. The topological polar surface area (TPSA) is 58.1 Å². The number of guanidine groups is 1. The van der Waals surface area contributed by atoms with Crippen molar-refractivity contribution in [3.05, 3.63) is 34.9 Å². The molecule has 1 aromatic carbocycles. The van der Waals surface area contributed by atoms with Gasteiger partial charge >= 0.3 is 0 Å². The molecule has 2 aliphatic rings. The van der Waals surface area contributed by atoms with Crippen molar-refractivity contribution in [2.24, 2.45) is 4.99 Å². The van der Waals surface area contributed by atoms with Gasteiger partial charge in [-0.1, -0.05) is 23.7 Å². The molecule has 0 spiro atoms. The number of benzene rings is 1. The number of hydrogen-bond donors (Lipinski definition) is 2. The predicted octanol–water partition coefficient (Wildman–Crippen LogP) is 3.67. The number of nitrogens with one attached hydrogen (secondary N) is 2. The monoisotopic (exact) mass is 550 g/mol. The highest BCUT2D eigenvalue weighted by Crippen LogP contribution is 2.16. The lowest BCUT2D eigenvalue weighted by Gasteiger charge is -2.33. The summed E-state index contributed by atoms with van der Waals surface area (Å²) in [6.07, 6.45) is 4.79. The number of likely N-dealkylation sites (tertiary alicyclic amines) is 1. The van der Waals surface area contributed by atoms with E-state index in [1.54, 1.807) is 0 Å². The Morgan fingerprint density at radius 3 is 2.67 bits per heavy atom. The van der Waals surface area contributed by atoms with E-state index in [9.17, 15) is 0 Å². The van der Waals surface area contributed by atoms with Crippen molar-refractivity contribution in [3.8, 4) is 0 Å². The van der Waals surface area contributed by atoms with Crippen molar-refractivity contribution in [1.29, 1.82) is 0 Å². The van der Waals surface area contributed by atoms with Crippen LogP contribution in [0.2, 0.25) is 5.02 Å². The first-order valence-electron chi connectivity index (χ1n) is 10.9. The zero-order valence-electron chi connectivity index (χ0n) is 17.9. The number of aliphatic imine (C=N–C) groups is 1. The molecule has 0 saturated carbocycles. The van der Waals surface area contributed by atoms with Gasteiger partial charge in [0.25, 0.3) is 0 Å². The minimum absolute atomic E-state index is 0. The third-order valence-electron chi connectivity index (χ3n) is 5.43. The molecule has 0 amide bonds. The van der Waals surface area contributed by atoms with Crippen LogP contribution >= 0.6 is 35.6 Å². The quantitative estimate of drug-likeness (QED) is 0.213. The molecule has 2 heterocycles. The molecular formula is C22H36ClIN4O2. The SMILES string of the molecule is CCNC(=NCCOCC1CCCO1)NC1CCN(Cc2ccc(Cl)cc2)CC1.I. The van der Waals surface area contributed by atoms with Gasteiger partial charge in [0.1, 0.15) is 0 Å². The molecule has 0 radical (unpaired) electrons. The average Bonchev–Trinajstić information content (AvgIpc) is 3.24. The second-order valence-electron chi connectivity index (χ2n) is 7.79. The van der Waals surface area contributed by atoms with Crippen LogP contribution < -0.4 is 10.6 Å². The van der Waals surface area contributed by atoms with E-state index in [0.29, 0.717) is 25.8 Å². The van der Waals surface area contributed by atoms with Crippen LogP contribution in [0.3, 0.4) is 0 Å². The maximum atomic E-state index is 5.98. The first-order chi connectivity index (χ1) is 14.2. The van der Waals surface area contributed by atoms with Crippen LogP contribution in [0.25, 0.3) is 0 Å². The molecule has 1 atom stereocenters. The van der Waals surface area contributed by atoms with Crippen molar-refractivity contribution in [2.45, 2.75) is 51.3 Å². The highest BCUT2D eigenvalue weighted by molar-refractivity contribution is 14.0. The lowest BCUT2D eigenvalue weighted by molar-refractivity contribution is 0.0200. The molecular weight excluding hydrogens is 515 g/mol. The Morgan fingerprint density at radius 2 is 2.00 bits per heavy atom. The molecule has 1 unspecified atom stereocenters. The minimum atomic E-state index is 0. The van der Waals surface area contributed by atoms with Gasteiger partial charge in [-0.15, -0.1) is 24.0 Å². The summed E-state index contributed by atoms with van der Waals surface area (Å²) in [6.45, 7) is 8.98. The van der Waals surface area contributed by atoms with E-state index in [2.05, 4.69) is 39.6 Å². The Morgan fingerprint density at radius 1 is 1.23 bits per heavy atom. The Labute approximate surface area is 203 Å². The highest BCUT2D eigenvalue weighted by Gasteiger charge is 2.20. The zero-order valence-corrected chi connectivity index (χ0v) is 21.0. The van der Waals surface area contributed by atoms with E-state index in [-0.39, 0.29) is 30.1 Å². The number of piperidine rings is 1. The van der Waals surface area contributed by atoms with E-state index in [4.69, 9.17) is 21.1 Å². The summed E-state index contributed by atoms with van der Waals surface area (Å²) in [6, 6.07) is 8.62. The molecule has 2 N–H and O–H groups in total. The fourth-order valence-corrected chi connectivity index (χ4v) is 3.94. The predicted molar refractivity (Wildman–Crippen MR) is 134 cm³/mol. The maximum Gasteiger partial charge on any atom is 0.191 e. The first-order valence-corrected chi connectivity index (χ1v) is 11.3. The summed E-state index contributed by atoms with van der Waals surface area (Å²) in [5.74, 6) is 0.893. The molecule has 1 aromatic rings. The van der Waals surface area contributed by atoms with Gasteiger partial charge in [0, 0.05) is 43.9 Å². The lowest BCUT2D eigenvalue weighted by atomic mass is 10.0. The average molecular weight is 551 g/mol. The third kappa shape index (κ3) is 9.26. The summed E-state index contributed by atoms with van der Waals surface area (Å²) in [5, 5.41) is 7.74. The Bertz CT molecular complexity index is 618. The van der Waals surface area contributed by atoms with E-state index < -0.39 is 0 Å². The van der Waals surface area contributed by atoms with Crippen LogP contribution in [-0.2, 0) is 16.0 Å². The van der Waals surface area contributed by atoms with E-state index >= 15 is 0 Å². The van der Waals surface area contributed by atoms with Gasteiger partial charge in [-0.3, -0.25) is 9.89 Å². The normalized spacial score (nSPS) is 20.7. The molecule has 8 heteroatoms. The summed E-state index contributed by atoms with van der Waals surface area (Å²) < 4.78 is 11.3.